The van der Waals surface area contributed by atoms with Gasteiger partial charge in [0, 0.05) is 0 Å². The number of hydrogen-bond acceptors (Lipinski definition) is 3. The maximum atomic E-state index is 10.6. The Labute approximate surface area is 101 Å². The summed E-state index contributed by atoms with van der Waals surface area (Å²) in [5, 5.41) is 10.6. The van der Waals surface area contributed by atoms with E-state index < -0.39 is 5.60 Å². The lowest BCUT2D eigenvalue weighted by atomic mass is 9.88. The summed E-state index contributed by atoms with van der Waals surface area (Å²) in [7, 11) is 0. The molecular weight excluding hydrogens is 212 g/mol. The molecule has 2 aromatic rings. The second-order valence-electron chi connectivity index (χ2n) is 4.28. The third kappa shape index (κ3) is 2.10. The zero-order chi connectivity index (χ0) is 12.5. The number of nitrogen functional groups attached to an aromatic ring is 2. The van der Waals surface area contributed by atoms with Gasteiger partial charge in [-0.2, -0.15) is 0 Å². The summed E-state index contributed by atoms with van der Waals surface area (Å²) in [6.07, 6.45) is 0. The van der Waals surface area contributed by atoms with E-state index in [1.54, 1.807) is 25.1 Å². The van der Waals surface area contributed by atoms with E-state index in [2.05, 4.69) is 0 Å². The fraction of sp³-hybridized carbons (Fsp3) is 0.143. The van der Waals surface area contributed by atoms with Crippen LogP contribution in [0.2, 0.25) is 0 Å². The van der Waals surface area contributed by atoms with Crippen molar-refractivity contribution in [1.82, 2.24) is 0 Å². The number of benzene rings is 2. The van der Waals surface area contributed by atoms with Gasteiger partial charge in [-0.05, 0) is 30.2 Å². The van der Waals surface area contributed by atoms with Crippen molar-refractivity contribution in [3.05, 3.63) is 59.7 Å². The molecule has 0 radical (unpaired) electrons. The predicted molar refractivity (Wildman–Crippen MR) is 70.4 cm³/mol. The van der Waals surface area contributed by atoms with Crippen LogP contribution in [-0.4, -0.2) is 5.11 Å². The maximum Gasteiger partial charge on any atom is 0.112 e. The van der Waals surface area contributed by atoms with Crippen LogP contribution in [0.15, 0.2) is 48.5 Å². The molecule has 0 amide bonds. The standard InChI is InChI=1S/C14H16N2O/c1-14(17,10-5-3-2-4-6-10)11-7-8-12(15)13(16)9-11/h2-9,17H,15-16H2,1H3/t14-/m0/s1. The van der Waals surface area contributed by atoms with Gasteiger partial charge < -0.3 is 16.6 Å². The molecule has 0 heterocycles. The molecule has 2 aromatic carbocycles. The van der Waals surface area contributed by atoms with Crippen LogP contribution < -0.4 is 11.5 Å². The molecule has 0 aromatic heterocycles. The molecule has 0 aliphatic rings. The average molecular weight is 228 g/mol. The largest absolute Gasteiger partial charge is 0.397 e. The van der Waals surface area contributed by atoms with E-state index in [0.717, 1.165) is 11.1 Å². The SMILES string of the molecule is C[C@](O)(c1ccccc1)c1ccc(N)c(N)c1. The van der Waals surface area contributed by atoms with Crippen LogP contribution in [0.4, 0.5) is 11.4 Å². The highest BCUT2D eigenvalue weighted by Gasteiger charge is 2.25. The van der Waals surface area contributed by atoms with Crippen molar-refractivity contribution in [1.29, 1.82) is 0 Å². The van der Waals surface area contributed by atoms with E-state index in [1.807, 2.05) is 30.3 Å². The monoisotopic (exact) mass is 228 g/mol. The molecular formula is C14H16N2O. The first-order valence-corrected chi connectivity index (χ1v) is 5.45. The van der Waals surface area contributed by atoms with Crippen LogP contribution in [0.5, 0.6) is 0 Å². The summed E-state index contributed by atoms with van der Waals surface area (Å²) in [5.74, 6) is 0. The average Bonchev–Trinajstić information content (AvgIpc) is 2.33. The molecule has 1 atom stereocenters. The van der Waals surface area contributed by atoms with Gasteiger partial charge in [0.05, 0.1) is 11.4 Å². The van der Waals surface area contributed by atoms with Crippen molar-refractivity contribution in [3.8, 4) is 0 Å². The zero-order valence-corrected chi connectivity index (χ0v) is 9.72. The van der Waals surface area contributed by atoms with Gasteiger partial charge in [-0.3, -0.25) is 0 Å². The second kappa shape index (κ2) is 4.11. The third-order valence-electron chi connectivity index (χ3n) is 2.98. The first kappa shape index (κ1) is 11.5. The lowest BCUT2D eigenvalue weighted by Gasteiger charge is -2.25. The highest BCUT2D eigenvalue weighted by atomic mass is 16.3. The number of rotatable bonds is 2. The molecule has 0 unspecified atom stereocenters. The molecule has 2 rings (SSSR count). The first-order valence-electron chi connectivity index (χ1n) is 5.45. The lowest BCUT2D eigenvalue weighted by Crippen LogP contribution is -2.22. The maximum absolute atomic E-state index is 10.6. The molecule has 0 aliphatic heterocycles. The summed E-state index contributed by atoms with van der Waals surface area (Å²) in [6.45, 7) is 1.74. The van der Waals surface area contributed by atoms with Crippen molar-refractivity contribution < 1.29 is 5.11 Å². The van der Waals surface area contributed by atoms with E-state index in [1.165, 1.54) is 0 Å². The highest BCUT2D eigenvalue weighted by Crippen LogP contribution is 2.31. The molecule has 88 valence electrons. The third-order valence-corrected chi connectivity index (χ3v) is 2.98. The molecule has 0 aliphatic carbocycles. The second-order valence-corrected chi connectivity index (χ2v) is 4.28. The normalized spacial score (nSPS) is 14.2. The Morgan fingerprint density at radius 2 is 1.53 bits per heavy atom. The summed E-state index contributed by atoms with van der Waals surface area (Å²) in [6, 6.07) is 14.7. The van der Waals surface area contributed by atoms with E-state index in [-0.39, 0.29) is 0 Å². The molecule has 3 nitrogen and oxygen atoms in total. The van der Waals surface area contributed by atoms with Crippen LogP contribution in [-0.2, 0) is 5.60 Å². The Kier molecular flexibility index (Phi) is 2.77. The summed E-state index contributed by atoms with van der Waals surface area (Å²) >= 11 is 0. The van der Waals surface area contributed by atoms with E-state index in [9.17, 15) is 5.11 Å². The van der Waals surface area contributed by atoms with Crippen molar-refractivity contribution in [3.63, 3.8) is 0 Å². The molecule has 0 saturated heterocycles. The number of hydrogen-bond donors (Lipinski definition) is 3. The molecule has 3 heteroatoms. The molecule has 17 heavy (non-hydrogen) atoms. The highest BCUT2D eigenvalue weighted by molar-refractivity contribution is 5.64. The van der Waals surface area contributed by atoms with Gasteiger partial charge in [0.2, 0.25) is 0 Å². The summed E-state index contributed by atoms with van der Waals surface area (Å²) < 4.78 is 0. The van der Waals surface area contributed by atoms with Crippen LogP contribution in [0, 0.1) is 0 Å². The van der Waals surface area contributed by atoms with Gasteiger partial charge >= 0.3 is 0 Å². The van der Waals surface area contributed by atoms with Crippen molar-refractivity contribution in [2.24, 2.45) is 0 Å². The molecule has 0 fully saturated rings. The van der Waals surface area contributed by atoms with Gasteiger partial charge in [-0.25, -0.2) is 0 Å². The Balaban J connectivity index is 2.48. The quantitative estimate of drug-likeness (QED) is 0.689. The van der Waals surface area contributed by atoms with E-state index >= 15 is 0 Å². The van der Waals surface area contributed by atoms with Crippen molar-refractivity contribution in [2.45, 2.75) is 12.5 Å². The van der Waals surface area contributed by atoms with Gasteiger partial charge in [0.25, 0.3) is 0 Å². The van der Waals surface area contributed by atoms with Crippen LogP contribution in [0.3, 0.4) is 0 Å². The topological polar surface area (TPSA) is 72.3 Å². The fourth-order valence-electron chi connectivity index (χ4n) is 1.81. The molecule has 0 spiro atoms. The Morgan fingerprint density at radius 1 is 0.882 bits per heavy atom. The Morgan fingerprint density at radius 3 is 2.12 bits per heavy atom. The minimum Gasteiger partial charge on any atom is -0.397 e. The van der Waals surface area contributed by atoms with Gasteiger partial charge in [-0.15, -0.1) is 0 Å². The molecule has 0 saturated carbocycles. The van der Waals surface area contributed by atoms with E-state index in [0.29, 0.717) is 11.4 Å². The summed E-state index contributed by atoms with van der Waals surface area (Å²) in [5.41, 5.74) is 12.9. The van der Waals surface area contributed by atoms with Gasteiger partial charge in [-0.1, -0.05) is 36.4 Å². The Bertz CT molecular complexity index is 521. The number of aliphatic hydroxyl groups is 1. The van der Waals surface area contributed by atoms with Gasteiger partial charge in [0.1, 0.15) is 5.60 Å². The number of anilines is 2. The van der Waals surface area contributed by atoms with Crippen molar-refractivity contribution in [2.75, 3.05) is 11.5 Å². The van der Waals surface area contributed by atoms with Crippen LogP contribution in [0.1, 0.15) is 18.1 Å². The minimum atomic E-state index is -1.07. The number of nitrogens with two attached hydrogens (primary N) is 2. The van der Waals surface area contributed by atoms with Gasteiger partial charge in [0.15, 0.2) is 0 Å². The Hall–Kier alpha value is -2.00. The van der Waals surface area contributed by atoms with E-state index in [4.69, 9.17) is 11.5 Å². The summed E-state index contributed by atoms with van der Waals surface area (Å²) in [4.78, 5) is 0. The molecule has 5 N–H and O–H groups in total. The van der Waals surface area contributed by atoms with Crippen LogP contribution in [0.25, 0.3) is 0 Å². The van der Waals surface area contributed by atoms with Crippen molar-refractivity contribution >= 4 is 11.4 Å². The fourth-order valence-corrected chi connectivity index (χ4v) is 1.81. The first-order chi connectivity index (χ1) is 8.01. The predicted octanol–water partition coefficient (Wildman–Crippen LogP) is 2.11. The van der Waals surface area contributed by atoms with Crippen LogP contribution >= 0.6 is 0 Å². The zero-order valence-electron chi connectivity index (χ0n) is 9.72. The lowest BCUT2D eigenvalue weighted by molar-refractivity contribution is 0.102. The minimum absolute atomic E-state index is 0.485. The molecule has 0 bridgehead atoms. The smallest absolute Gasteiger partial charge is 0.112 e.